The molecule has 1 aromatic carbocycles. The standard InChI is InChI=1S/C15H20ClFN2/c1-19-12-3-4-13(19)8-11(7-12)18-9-10-2-5-15(17)14(16)6-10/h2,5-6,11-13,18H,3-4,7-9H2,1H3. The average molecular weight is 283 g/mol. The summed E-state index contributed by atoms with van der Waals surface area (Å²) in [7, 11) is 2.25. The van der Waals surface area contributed by atoms with Gasteiger partial charge in [-0.05, 0) is 50.4 Å². The molecular weight excluding hydrogens is 263 g/mol. The summed E-state index contributed by atoms with van der Waals surface area (Å²) in [6, 6.07) is 7.03. The summed E-state index contributed by atoms with van der Waals surface area (Å²) < 4.78 is 13.1. The van der Waals surface area contributed by atoms with E-state index in [1.165, 1.54) is 31.7 Å². The van der Waals surface area contributed by atoms with Crippen molar-refractivity contribution in [1.82, 2.24) is 10.2 Å². The molecule has 2 aliphatic rings. The van der Waals surface area contributed by atoms with Crippen LogP contribution in [0.4, 0.5) is 4.39 Å². The van der Waals surface area contributed by atoms with Gasteiger partial charge in [0.05, 0.1) is 5.02 Å². The number of rotatable bonds is 3. The molecule has 104 valence electrons. The molecule has 2 nitrogen and oxygen atoms in total. The third-order valence-corrected chi connectivity index (χ3v) is 4.97. The molecule has 2 saturated heterocycles. The van der Waals surface area contributed by atoms with Crippen LogP contribution in [0.5, 0.6) is 0 Å². The Hall–Kier alpha value is -0.640. The van der Waals surface area contributed by atoms with Crippen LogP contribution in [-0.2, 0) is 6.54 Å². The van der Waals surface area contributed by atoms with E-state index in [1.807, 2.05) is 0 Å². The van der Waals surface area contributed by atoms with Crippen molar-refractivity contribution in [2.24, 2.45) is 0 Å². The summed E-state index contributed by atoms with van der Waals surface area (Å²) in [6.07, 6.45) is 5.12. The molecule has 2 fully saturated rings. The smallest absolute Gasteiger partial charge is 0.141 e. The maximum atomic E-state index is 13.1. The fraction of sp³-hybridized carbons (Fsp3) is 0.600. The Balaban J connectivity index is 1.57. The van der Waals surface area contributed by atoms with Gasteiger partial charge >= 0.3 is 0 Å². The Morgan fingerprint density at radius 1 is 1.32 bits per heavy atom. The molecule has 2 heterocycles. The molecule has 2 unspecified atom stereocenters. The summed E-state index contributed by atoms with van der Waals surface area (Å²) in [4.78, 5) is 2.53. The third kappa shape index (κ3) is 2.78. The Kier molecular flexibility index (Phi) is 3.79. The Labute approximate surface area is 118 Å². The third-order valence-electron chi connectivity index (χ3n) is 4.68. The largest absolute Gasteiger partial charge is 0.310 e. The molecule has 2 aliphatic heterocycles. The monoisotopic (exact) mass is 282 g/mol. The van der Waals surface area contributed by atoms with Crippen LogP contribution in [0.1, 0.15) is 31.2 Å². The van der Waals surface area contributed by atoms with Gasteiger partial charge in [0.25, 0.3) is 0 Å². The van der Waals surface area contributed by atoms with Crippen LogP contribution in [0.25, 0.3) is 0 Å². The first-order valence-corrected chi connectivity index (χ1v) is 7.40. The van der Waals surface area contributed by atoms with E-state index >= 15 is 0 Å². The van der Waals surface area contributed by atoms with Crippen LogP contribution < -0.4 is 5.32 Å². The second-order valence-electron chi connectivity index (χ2n) is 5.85. The van der Waals surface area contributed by atoms with E-state index in [-0.39, 0.29) is 10.8 Å². The molecule has 0 aliphatic carbocycles. The predicted molar refractivity (Wildman–Crippen MR) is 75.8 cm³/mol. The van der Waals surface area contributed by atoms with E-state index in [0.29, 0.717) is 6.04 Å². The van der Waals surface area contributed by atoms with Gasteiger partial charge in [-0.15, -0.1) is 0 Å². The molecule has 1 N–H and O–H groups in total. The minimum absolute atomic E-state index is 0.211. The van der Waals surface area contributed by atoms with Crippen molar-refractivity contribution in [3.05, 3.63) is 34.6 Å². The van der Waals surface area contributed by atoms with Gasteiger partial charge in [-0.25, -0.2) is 4.39 Å². The number of hydrogen-bond donors (Lipinski definition) is 1. The molecule has 19 heavy (non-hydrogen) atoms. The van der Waals surface area contributed by atoms with Crippen LogP contribution in [0.15, 0.2) is 18.2 Å². The summed E-state index contributed by atoms with van der Waals surface area (Å²) in [5, 5.41) is 3.81. The Morgan fingerprint density at radius 2 is 2.00 bits per heavy atom. The van der Waals surface area contributed by atoms with Crippen molar-refractivity contribution in [3.8, 4) is 0 Å². The first kappa shape index (κ1) is 13.3. The highest BCUT2D eigenvalue weighted by Crippen LogP contribution is 2.34. The van der Waals surface area contributed by atoms with Gasteiger partial charge in [0.2, 0.25) is 0 Å². The van der Waals surface area contributed by atoms with E-state index in [2.05, 4.69) is 17.3 Å². The quantitative estimate of drug-likeness (QED) is 0.916. The highest BCUT2D eigenvalue weighted by atomic mass is 35.5. The summed E-state index contributed by atoms with van der Waals surface area (Å²) in [5.74, 6) is -0.345. The molecule has 4 heteroatoms. The summed E-state index contributed by atoms with van der Waals surface area (Å²) in [6.45, 7) is 0.772. The van der Waals surface area contributed by atoms with E-state index in [0.717, 1.165) is 24.2 Å². The van der Waals surface area contributed by atoms with Crippen molar-refractivity contribution in [2.45, 2.75) is 50.4 Å². The zero-order chi connectivity index (χ0) is 13.4. The van der Waals surface area contributed by atoms with Crippen LogP contribution >= 0.6 is 11.6 Å². The molecule has 0 spiro atoms. The zero-order valence-corrected chi connectivity index (χ0v) is 12.0. The average Bonchev–Trinajstić information content (AvgIpc) is 2.64. The molecular formula is C15H20ClFN2. The first-order chi connectivity index (χ1) is 9.13. The lowest BCUT2D eigenvalue weighted by Gasteiger charge is -2.36. The van der Waals surface area contributed by atoms with E-state index in [1.54, 1.807) is 12.1 Å². The number of hydrogen-bond acceptors (Lipinski definition) is 2. The lowest BCUT2D eigenvalue weighted by molar-refractivity contribution is 0.148. The number of fused-ring (bicyclic) bond motifs is 2. The predicted octanol–water partition coefficient (Wildman–Crippen LogP) is 3.19. The maximum Gasteiger partial charge on any atom is 0.141 e. The molecule has 2 atom stereocenters. The molecule has 0 aromatic heterocycles. The molecule has 1 aromatic rings. The molecule has 0 radical (unpaired) electrons. The number of halogens is 2. The molecule has 2 bridgehead atoms. The second-order valence-corrected chi connectivity index (χ2v) is 6.26. The number of nitrogens with one attached hydrogen (secondary N) is 1. The van der Waals surface area contributed by atoms with Crippen LogP contribution in [0.3, 0.4) is 0 Å². The molecule has 3 rings (SSSR count). The first-order valence-electron chi connectivity index (χ1n) is 7.02. The Bertz CT molecular complexity index is 451. The van der Waals surface area contributed by atoms with Gasteiger partial charge in [-0.3, -0.25) is 0 Å². The lowest BCUT2D eigenvalue weighted by atomic mass is 9.98. The van der Waals surface area contributed by atoms with Crippen molar-refractivity contribution < 1.29 is 4.39 Å². The highest BCUT2D eigenvalue weighted by molar-refractivity contribution is 6.30. The van der Waals surface area contributed by atoms with E-state index in [9.17, 15) is 4.39 Å². The van der Waals surface area contributed by atoms with Crippen molar-refractivity contribution >= 4 is 11.6 Å². The number of nitrogens with zero attached hydrogens (tertiary/aromatic N) is 1. The Morgan fingerprint density at radius 3 is 2.63 bits per heavy atom. The summed E-state index contributed by atoms with van der Waals surface area (Å²) >= 11 is 5.80. The highest BCUT2D eigenvalue weighted by Gasteiger charge is 2.37. The van der Waals surface area contributed by atoms with Gasteiger partial charge in [0.15, 0.2) is 0 Å². The van der Waals surface area contributed by atoms with Gasteiger partial charge in [0.1, 0.15) is 5.82 Å². The fourth-order valence-electron chi connectivity index (χ4n) is 3.49. The number of piperidine rings is 1. The lowest BCUT2D eigenvalue weighted by Crippen LogP contribution is -2.46. The molecule has 0 amide bonds. The van der Waals surface area contributed by atoms with Crippen molar-refractivity contribution in [3.63, 3.8) is 0 Å². The van der Waals surface area contributed by atoms with Crippen LogP contribution in [0.2, 0.25) is 5.02 Å². The second kappa shape index (κ2) is 5.39. The minimum atomic E-state index is -0.345. The normalized spacial score (nSPS) is 30.8. The summed E-state index contributed by atoms with van der Waals surface area (Å²) in [5.41, 5.74) is 1.05. The van der Waals surface area contributed by atoms with Gasteiger partial charge in [0, 0.05) is 24.7 Å². The van der Waals surface area contributed by atoms with Gasteiger partial charge in [-0.1, -0.05) is 17.7 Å². The maximum absolute atomic E-state index is 13.1. The minimum Gasteiger partial charge on any atom is -0.310 e. The van der Waals surface area contributed by atoms with Gasteiger partial charge < -0.3 is 10.2 Å². The van der Waals surface area contributed by atoms with E-state index < -0.39 is 0 Å². The van der Waals surface area contributed by atoms with Crippen LogP contribution in [0, 0.1) is 5.82 Å². The number of benzene rings is 1. The molecule has 0 saturated carbocycles. The van der Waals surface area contributed by atoms with E-state index in [4.69, 9.17) is 11.6 Å². The van der Waals surface area contributed by atoms with Crippen LogP contribution in [-0.4, -0.2) is 30.1 Å². The fourth-order valence-corrected chi connectivity index (χ4v) is 3.69. The zero-order valence-electron chi connectivity index (χ0n) is 11.2. The topological polar surface area (TPSA) is 15.3 Å². The van der Waals surface area contributed by atoms with Crippen molar-refractivity contribution in [2.75, 3.05) is 7.05 Å². The van der Waals surface area contributed by atoms with Gasteiger partial charge in [-0.2, -0.15) is 0 Å². The SMILES string of the molecule is CN1C2CCC1CC(NCc1ccc(F)c(Cl)c1)C2. The van der Waals surface area contributed by atoms with Crippen molar-refractivity contribution in [1.29, 1.82) is 0 Å².